The van der Waals surface area contributed by atoms with Crippen molar-refractivity contribution < 1.29 is 9.53 Å². The maximum absolute atomic E-state index is 11.4. The lowest BCUT2D eigenvalue weighted by Gasteiger charge is -2.22. The van der Waals surface area contributed by atoms with E-state index in [1.54, 1.807) is 7.11 Å². The molecule has 1 unspecified atom stereocenters. The van der Waals surface area contributed by atoms with Crippen molar-refractivity contribution in [2.24, 2.45) is 5.92 Å². The second-order valence-corrected chi connectivity index (χ2v) is 3.62. The highest BCUT2D eigenvalue weighted by Crippen LogP contribution is 2.28. The molecule has 1 amide bonds. The molecule has 0 radical (unpaired) electrons. The molecule has 1 aliphatic heterocycles. The van der Waals surface area contributed by atoms with E-state index in [1.165, 1.54) is 0 Å². The number of anilines is 1. The van der Waals surface area contributed by atoms with Crippen LogP contribution in [0.25, 0.3) is 0 Å². The quantitative estimate of drug-likeness (QED) is 0.735. The fourth-order valence-corrected chi connectivity index (χ4v) is 1.67. The van der Waals surface area contributed by atoms with Gasteiger partial charge >= 0.3 is 0 Å². The normalized spacial score (nSPS) is 19.9. The van der Waals surface area contributed by atoms with Crippen molar-refractivity contribution in [3.05, 3.63) is 23.8 Å². The maximum Gasteiger partial charge on any atom is 0.227 e. The number of hydrogen-bond acceptors (Lipinski definition) is 2. The highest BCUT2D eigenvalue weighted by atomic mass is 16.5. The van der Waals surface area contributed by atoms with Crippen LogP contribution in [0.3, 0.4) is 0 Å². The minimum absolute atomic E-state index is 0.0506. The number of carbonyl (C=O) groups is 1. The van der Waals surface area contributed by atoms with Crippen LogP contribution in [-0.2, 0) is 11.2 Å². The van der Waals surface area contributed by atoms with E-state index in [9.17, 15) is 4.79 Å². The van der Waals surface area contributed by atoms with E-state index in [0.29, 0.717) is 0 Å². The van der Waals surface area contributed by atoms with Gasteiger partial charge in [0, 0.05) is 11.6 Å². The predicted octanol–water partition coefficient (Wildman–Crippen LogP) is 1.83. The van der Waals surface area contributed by atoms with Gasteiger partial charge in [-0.1, -0.05) is 6.92 Å². The molecular formula is C11H13NO2. The van der Waals surface area contributed by atoms with Crippen LogP contribution in [0.4, 0.5) is 5.69 Å². The Morgan fingerprint density at radius 1 is 1.50 bits per heavy atom. The van der Waals surface area contributed by atoms with Crippen LogP contribution in [0.1, 0.15) is 12.5 Å². The number of amides is 1. The number of hydrogen-bond donors (Lipinski definition) is 1. The van der Waals surface area contributed by atoms with Gasteiger partial charge in [0.1, 0.15) is 5.75 Å². The van der Waals surface area contributed by atoms with Crippen molar-refractivity contribution >= 4 is 11.6 Å². The Balaban J connectivity index is 2.37. The topological polar surface area (TPSA) is 38.3 Å². The Morgan fingerprint density at radius 2 is 2.29 bits per heavy atom. The Labute approximate surface area is 83.1 Å². The number of methoxy groups -OCH3 is 1. The van der Waals surface area contributed by atoms with E-state index < -0.39 is 0 Å². The van der Waals surface area contributed by atoms with Gasteiger partial charge in [-0.3, -0.25) is 4.79 Å². The molecule has 0 spiro atoms. The zero-order chi connectivity index (χ0) is 10.1. The third-order valence-electron chi connectivity index (χ3n) is 2.54. The largest absolute Gasteiger partial charge is 0.497 e. The first-order valence-corrected chi connectivity index (χ1v) is 4.68. The smallest absolute Gasteiger partial charge is 0.227 e. The number of benzene rings is 1. The predicted molar refractivity (Wildman–Crippen MR) is 54.5 cm³/mol. The summed E-state index contributed by atoms with van der Waals surface area (Å²) in [5.41, 5.74) is 2.06. The fraction of sp³-hybridized carbons (Fsp3) is 0.364. The molecule has 3 heteroatoms. The van der Waals surface area contributed by atoms with Crippen LogP contribution < -0.4 is 10.1 Å². The van der Waals surface area contributed by atoms with Gasteiger partial charge in [0.05, 0.1) is 7.11 Å². The van der Waals surface area contributed by atoms with E-state index in [0.717, 1.165) is 23.4 Å². The van der Waals surface area contributed by atoms with Crippen molar-refractivity contribution in [3.63, 3.8) is 0 Å². The fourth-order valence-electron chi connectivity index (χ4n) is 1.67. The molecule has 3 nitrogen and oxygen atoms in total. The molecular weight excluding hydrogens is 178 g/mol. The molecule has 74 valence electrons. The molecule has 0 saturated heterocycles. The summed E-state index contributed by atoms with van der Waals surface area (Å²) in [5.74, 6) is 0.990. The van der Waals surface area contributed by atoms with Crippen molar-refractivity contribution in [2.45, 2.75) is 13.3 Å². The highest BCUT2D eigenvalue weighted by Gasteiger charge is 2.22. The summed E-state index contributed by atoms with van der Waals surface area (Å²) < 4.78 is 5.13. The molecule has 1 aliphatic rings. The van der Waals surface area contributed by atoms with E-state index in [4.69, 9.17) is 4.74 Å². The van der Waals surface area contributed by atoms with Gasteiger partial charge < -0.3 is 10.1 Å². The third-order valence-corrected chi connectivity index (χ3v) is 2.54. The first kappa shape index (κ1) is 9.06. The zero-order valence-corrected chi connectivity index (χ0v) is 8.33. The molecule has 1 atom stereocenters. The van der Waals surface area contributed by atoms with E-state index in [1.807, 2.05) is 25.1 Å². The number of carbonyl (C=O) groups excluding carboxylic acids is 1. The van der Waals surface area contributed by atoms with Crippen LogP contribution in [0.2, 0.25) is 0 Å². The number of fused-ring (bicyclic) bond motifs is 1. The molecule has 1 heterocycles. The lowest BCUT2D eigenvalue weighted by atomic mass is 9.95. The van der Waals surface area contributed by atoms with Gasteiger partial charge in [0.15, 0.2) is 0 Å². The Morgan fingerprint density at radius 3 is 3.00 bits per heavy atom. The molecule has 0 saturated carbocycles. The summed E-state index contributed by atoms with van der Waals surface area (Å²) in [4.78, 5) is 11.4. The summed E-state index contributed by atoms with van der Waals surface area (Å²) in [6.45, 7) is 1.93. The van der Waals surface area contributed by atoms with Crippen LogP contribution in [0.5, 0.6) is 5.75 Å². The first-order chi connectivity index (χ1) is 6.70. The summed E-state index contributed by atoms with van der Waals surface area (Å²) in [6, 6.07) is 5.72. The zero-order valence-electron chi connectivity index (χ0n) is 8.33. The van der Waals surface area contributed by atoms with Crippen molar-refractivity contribution in [2.75, 3.05) is 12.4 Å². The molecule has 14 heavy (non-hydrogen) atoms. The first-order valence-electron chi connectivity index (χ1n) is 4.68. The van der Waals surface area contributed by atoms with Crippen LogP contribution >= 0.6 is 0 Å². The standard InChI is InChI=1S/C11H13NO2/c1-7-5-8-6-9(14-2)3-4-10(8)12-11(7)13/h3-4,6-7H,5H2,1-2H3,(H,12,13). The Bertz CT molecular complexity index is 374. The van der Waals surface area contributed by atoms with Gasteiger partial charge in [-0.25, -0.2) is 0 Å². The summed E-state index contributed by atoms with van der Waals surface area (Å²) >= 11 is 0. The van der Waals surface area contributed by atoms with Gasteiger partial charge in [-0.15, -0.1) is 0 Å². The molecule has 1 N–H and O–H groups in total. The Kier molecular flexibility index (Phi) is 2.15. The summed E-state index contributed by atoms with van der Waals surface area (Å²) in [6.07, 6.45) is 0.790. The molecule has 0 bridgehead atoms. The van der Waals surface area contributed by atoms with Gasteiger partial charge in [-0.05, 0) is 30.2 Å². The second-order valence-electron chi connectivity index (χ2n) is 3.62. The average Bonchev–Trinajstić information content (AvgIpc) is 2.19. The lowest BCUT2D eigenvalue weighted by Crippen LogP contribution is -2.27. The van der Waals surface area contributed by atoms with Gasteiger partial charge in [0.25, 0.3) is 0 Å². The summed E-state index contributed by atoms with van der Waals surface area (Å²) in [7, 11) is 1.65. The van der Waals surface area contributed by atoms with E-state index in [2.05, 4.69) is 5.32 Å². The van der Waals surface area contributed by atoms with E-state index >= 15 is 0 Å². The van der Waals surface area contributed by atoms with Crippen molar-refractivity contribution in [3.8, 4) is 5.75 Å². The molecule has 1 aromatic rings. The lowest BCUT2D eigenvalue weighted by molar-refractivity contribution is -0.119. The number of rotatable bonds is 1. The number of nitrogens with one attached hydrogen (secondary N) is 1. The molecule has 1 aromatic carbocycles. The summed E-state index contributed by atoms with van der Waals surface area (Å²) in [5, 5.41) is 2.87. The average molecular weight is 191 g/mol. The minimum atomic E-state index is 0.0506. The van der Waals surface area contributed by atoms with Gasteiger partial charge in [0.2, 0.25) is 5.91 Å². The highest BCUT2D eigenvalue weighted by molar-refractivity contribution is 5.95. The molecule has 0 aliphatic carbocycles. The van der Waals surface area contributed by atoms with E-state index in [-0.39, 0.29) is 11.8 Å². The minimum Gasteiger partial charge on any atom is -0.497 e. The molecule has 0 fully saturated rings. The number of ether oxygens (including phenoxy) is 1. The molecule has 2 rings (SSSR count). The van der Waals surface area contributed by atoms with Crippen molar-refractivity contribution in [1.29, 1.82) is 0 Å². The monoisotopic (exact) mass is 191 g/mol. The van der Waals surface area contributed by atoms with Crippen molar-refractivity contribution in [1.82, 2.24) is 0 Å². The molecule has 0 aromatic heterocycles. The van der Waals surface area contributed by atoms with Gasteiger partial charge in [-0.2, -0.15) is 0 Å². The van der Waals surface area contributed by atoms with Crippen LogP contribution in [0, 0.1) is 5.92 Å². The third kappa shape index (κ3) is 1.45. The Hall–Kier alpha value is -1.51. The SMILES string of the molecule is COc1ccc2c(c1)CC(C)C(=O)N2. The maximum atomic E-state index is 11.4. The van der Waals surface area contributed by atoms with Crippen LogP contribution in [0.15, 0.2) is 18.2 Å². The second kappa shape index (κ2) is 3.33. The van der Waals surface area contributed by atoms with Crippen LogP contribution in [-0.4, -0.2) is 13.0 Å².